The second kappa shape index (κ2) is 12.0. The first kappa shape index (κ1) is 29.8. The van der Waals surface area contributed by atoms with Gasteiger partial charge in [-0.25, -0.2) is 22.9 Å². The average molecular weight is 618 g/mol. The van der Waals surface area contributed by atoms with Gasteiger partial charge in [0.1, 0.15) is 4.90 Å². The molecule has 11 nitrogen and oxygen atoms in total. The molecule has 0 atom stereocenters. The minimum atomic E-state index is -3.93. The van der Waals surface area contributed by atoms with Crippen LogP contribution >= 0.6 is 0 Å². The molecule has 2 N–H and O–H groups in total. The maximum absolute atomic E-state index is 13.8. The highest BCUT2D eigenvalue weighted by Crippen LogP contribution is 2.40. The van der Waals surface area contributed by atoms with Crippen LogP contribution in [0.25, 0.3) is 22.0 Å². The Labute approximate surface area is 256 Å². The number of nitrogens with zero attached hydrogens (tertiary/aromatic N) is 3. The molecule has 0 aliphatic heterocycles. The van der Waals surface area contributed by atoms with E-state index in [0.29, 0.717) is 50.9 Å². The topological polar surface area (TPSA) is 142 Å². The van der Waals surface area contributed by atoms with Gasteiger partial charge in [0.2, 0.25) is 15.9 Å². The zero-order valence-electron chi connectivity index (χ0n) is 25.1. The highest BCUT2D eigenvalue weighted by atomic mass is 32.2. The van der Waals surface area contributed by atoms with E-state index in [2.05, 4.69) is 20.0 Å². The number of ether oxygens (including phenoxy) is 3. The molecule has 230 valence electrons. The second-order valence-corrected chi connectivity index (χ2v) is 12.9. The molecule has 4 aromatic rings. The molecule has 2 fully saturated rings. The minimum Gasteiger partial charge on any atom is -0.480 e. The number of esters is 1. The van der Waals surface area contributed by atoms with Crippen molar-refractivity contribution in [2.24, 2.45) is 0 Å². The Bertz CT molecular complexity index is 1850. The summed E-state index contributed by atoms with van der Waals surface area (Å²) in [5, 5.41) is 4.00. The lowest BCUT2D eigenvalue weighted by Crippen LogP contribution is -2.27. The molecule has 2 saturated carbocycles. The number of methoxy groups -OCH3 is 3. The molecule has 2 aromatic heterocycles. The molecule has 2 aliphatic carbocycles. The number of carbonyl (C=O) groups excluding carboxylic acids is 1. The van der Waals surface area contributed by atoms with E-state index in [4.69, 9.17) is 19.2 Å². The van der Waals surface area contributed by atoms with E-state index in [1.54, 1.807) is 19.2 Å². The Morgan fingerprint density at radius 2 is 1.73 bits per heavy atom. The predicted octanol–water partition coefficient (Wildman–Crippen LogP) is 5.65. The molecule has 0 saturated heterocycles. The van der Waals surface area contributed by atoms with E-state index in [1.165, 1.54) is 21.3 Å². The summed E-state index contributed by atoms with van der Waals surface area (Å²) in [7, 11) is 0.421. The summed E-state index contributed by atoms with van der Waals surface area (Å²) in [5.74, 6) is 0.199. The van der Waals surface area contributed by atoms with Crippen molar-refractivity contribution >= 4 is 38.3 Å². The van der Waals surface area contributed by atoms with Crippen LogP contribution in [0.5, 0.6) is 11.9 Å². The highest BCUT2D eigenvalue weighted by Gasteiger charge is 2.32. The highest BCUT2D eigenvalue weighted by molar-refractivity contribution is 7.89. The number of carbonyl (C=O) groups is 1. The van der Waals surface area contributed by atoms with Gasteiger partial charge in [-0.15, -0.1) is 0 Å². The minimum absolute atomic E-state index is 0.0703. The molecule has 0 bridgehead atoms. The fourth-order valence-electron chi connectivity index (χ4n) is 5.87. The Hall–Kier alpha value is -4.29. The first-order valence-corrected chi connectivity index (χ1v) is 16.1. The summed E-state index contributed by atoms with van der Waals surface area (Å²) < 4.78 is 46.1. The molecule has 44 heavy (non-hydrogen) atoms. The predicted molar refractivity (Wildman–Crippen MR) is 166 cm³/mol. The van der Waals surface area contributed by atoms with Crippen LogP contribution in [0, 0.1) is 6.92 Å². The Kier molecular flexibility index (Phi) is 8.12. The standard InChI is InChI=1S/C32H35N5O6S/c1-18-29(44(39,40)37-23-10-11-23)28(35-24-14-21(19-7-5-6-8-19)13-22(15-24)31(38)42-3)25-12-9-20(16-27(25)34-18)26-17-33-32(43-4)36-30(26)41-2/h9,12-17,19,23,37H,5-8,10-11H2,1-4H3,(H,34,35). The normalized spacial score (nSPS) is 15.4. The van der Waals surface area contributed by atoms with Gasteiger partial charge in [-0.3, -0.25) is 4.98 Å². The van der Waals surface area contributed by atoms with Crippen molar-refractivity contribution in [2.75, 3.05) is 26.6 Å². The zero-order valence-corrected chi connectivity index (χ0v) is 26.0. The van der Waals surface area contributed by atoms with Gasteiger partial charge in [0.05, 0.1) is 49.4 Å². The van der Waals surface area contributed by atoms with E-state index >= 15 is 0 Å². The van der Waals surface area contributed by atoms with Gasteiger partial charge in [0.15, 0.2) is 0 Å². The van der Waals surface area contributed by atoms with Gasteiger partial charge in [-0.2, -0.15) is 4.98 Å². The van der Waals surface area contributed by atoms with Crippen LogP contribution < -0.4 is 19.5 Å². The number of aromatic nitrogens is 3. The summed E-state index contributed by atoms with van der Waals surface area (Å²) in [6, 6.07) is 11.2. The van der Waals surface area contributed by atoms with Crippen molar-refractivity contribution in [3.8, 4) is 23.0 Å². The van der Waals surface area contributed by atoms with Crippen molar-refractivity contribution in [3.05, 3.63) is 59.4 Å². The quantitative estimate of drug-likeness (QED) is 0.215. The molecule has 2 aliphatic rings. The van der Waals surface area contributed by atoms with Crippen LogP contribution in [-0.4, -0.2) is 56.7 Å². The number of benzene rings is 2. The molecule has 12 heteroatoms. The maximum Gasteiger partial charge on any atom is 0.337 e. The number of rotatable bonds is 10. The van der Waals surface area contributed by atoms with Gasteiger partial charge in [0.25, 0.3) is 0 Å². The van der Waals surface area contributed by atoms with Crippen molar-refractivity contribution in [1.82, 2.24) is 19.7 Å². The van der Waals surface area contributed by atoms with Gasteiger partial charge in [-0.05, 0) is 73.9 Å². The fourth-order valence-corrected chi connectivity index (χ4v) is 7.53. The van der Waals surface area contributed by atoms with Crippen LogP contribution in [0.2, 0.25) is 0 Å². The second-order valence-electron chi connectivity index (χ2n) is 11.3. The smallest absolute Gasteiger partial charge is 0.337 e. The molecule has 6 rings (SSSR count). The number of hydrogen-bond donors (Lipinski definition) is 2. The number of aryl methyl sites for hydroxylation is 1. The third-order valence-electron chi connectivity index (χ3n) is 8.17. The molecular formula is C32H35N5O6S. The SMILES string of the molecule is COC(=O)c1cc(Nc2c(S(=O)(=O)NC3CC3)c(C)nc3cc(-c4cnc(OC)nc4OC)ccc23)cc(C2CCCC2)c1. The van der Waals surface area contributed by atoms with E-state index in [0.717, 1.165) is 49.7 Å². The van der Waals surface area contributed by atoms with E-state index in [9.17, 15) is 13.2 Å². The number of sulfonamides is 1. The number of nitrogens with one attached hydrogen (secondary N) is 2. The van der Waals surface area contributed by atoms with Gasteiger partial charge < -0.3 is 19.5 Å². The van der Waals surface area contributed by atoms with E-state index in [1.807, 2.05) is 30.3 Å². The monoisotopic (exact) mass is 617 g/mol. The molecule has 0 spiro atoms. The Morgan fingerprint density at radius 1 is 0.955 bits per heavy atom. The third-order valence-corrected chi connectivity index (χ3v) is 9.85. The van der Waals surface area contributed by atoms with Crippen LogP contribution in [0.4, 0.5) is 11.4 Å². The van der Waals surface area contributed by atoms with Gasteiger partial charge in [-0.1, -0.05) is 25.0 Å². The summed E-state index contributed by atoms with van der Waals surface area (Å²) in [5.41, 5.74) is 4.67. The van der Waals surface area contributed by atoms with Crippen molar-refractivity contribution in [1.29, 1.82) is 0 Å². The Morgan fingerprint density at radius 3 is 2.41 bits per heavy atom. The summed E-state index contributed by atoms with van der Waals surface area (Å²) in [6.07, 6.45) is 7.53. The Balaban J connectivity index is 1.52. The van der Waals surface area contributed by atoms with Gasteiger partial charge >= 0.3 is 12.0 Å². The van der Waals surface area contributed by atoms with Crippen LogP contribution in [0.1, 0.15) is 66.1 Å². The summed E-state index contributed by atoms with van der Waals surface area (Å²) in [4.78, 5) is 26.0. The molecule has 0 unspecified atom stereocenters. The van der Waals surface area contributed by atoms with E-state index in [-0.39, 0.29) is 16.9 Å². The van der Waals surface area contributed by atoms with Crippen LogP contribution in [0.3, 0.4) is 0 Å². The molecule has 2 heterocycles. The molecule has 2 aromatic carbocycles. The number of anilines is 2. The molecular weight excluding hydrogens is 582 g/mol. The van der Waals surface area contributed by atoms with Crippen LogP contribution in [-0.2, 0) is 14.8 Å². The number of fused-ring (bicyclic) bond motifs is 1. The van der Waals surface area contributed by atoms with Crippen molar-refractivity contribution in [2.45, 2.75) is 62.3 Å². The fraction of sp³-hybridized carbons (Fsp3) is 0.375. The third kappa shape index (κ3) is 5.91. The maximum atomic E-state index is 13.8. The molecule has 0 radical (unpaired) electrons. The first-order chi connectivity index (χ1) is 21.2. The van der Waals surface area contributed by atoms with Crippen molar-refractivity contribution in [3.63, 3.8) is 0 Å². The lowest BCUT2D eigenvalue weighted by Gasteiger charge is -2.20. The van der Waals surface area contributed by atoms with E-state index < -0.39 is 16.0 Å². The largest absolute Gasteiger partial charge is 0.480 e. The zero-order chi connectivity index (χ0) is 31.0. The first-order valence-electron chi connectivity index (χ1n) is 14.6. The van der Waals surface area contributed by atoms with Crippen LogP contribution in [0.15, 0.2) is 47.5 Å². The van der Waals surface area contributed by atoms with Gasteiger partial charge in [0, 0.05) is 23.3 Å². The average Bonchev–Trinajstić information content (AvgIpc) is 3.64. The lowest BCUT2D eigenvalue weighted by atomic mass is 9.95. The number of hydrogen-bond acceptors (Lipinski definition) is 10. The summed E-state index contributed by atoms with van der Waals surface area (Å²) >= 11 is 0. The summed E-state index contributed by atoms with van der Waals surface area (Å²) in [6.45, 7) is 1.69. The lowest BCUT2D eigenvalue weighted by molar-refractivity contribution is 0.0600. The number of pyridine rings is 1. The van der Waals surface area contributed by atoms with Crippen molar-refractivity contribution < 1.29 is 27.4 Å². The molecule has 0 amide bonds.